The molecule has 0 aliphatic carbocycles. The number of amides is 1. The summed E-state index contributed by atoms with van der Waals surface area (Å²) in [7, 11) is 1.56. The van der Waals surface area contributed by atoms with Crippen LogP contribution in [0.25, 0.3) is 11.3 Å². The minimum Gasteiger partial charge on any atom is -0.322 e. The van der Waals surface area contributed by atoms with Gasteiger partial charge in [0.15, 0.2) is 0 Å². The Balaban J connectivity index is 1.78. The molecule has 0 aliphatic rings. The number of hydrogen-bond acceptors (Lipinski definition) is 5. The molecular weight excluding hydrogens is 372 g/mol. The number of anilines is 1. The minimum atomic E-state index is -0.584. The van der Waals surface area contributed by atoms with Crippen molar-refractivity contribution in [2.45, 2.75) is 0 Å². The molecule has 1 heterocycles. The lowest BCUT2D eigenvalue weighted by Crippen LogP contribution is -2.18. The van der Waals surface area contributed by atoms with Gasteiger partial charge in [-0.2, -0.15) is 5.10 Å². The maximum atomic E-state index is 12.3. The number of rotatable bonds is 4. The van der Waals surface area contributed by atoms with Crippen molar-refractivity contribution >= 4 is 28.9 Å². The van der Waals surface area contributed by atoms with E-state index in [4.69, 9.17) is 11.6 Å². The van der Waals surface area contributed by atoms with E-state index in [1.54, 1.807) is 37.4 Å². The normalized spacial score (nSPS) is 10.4. The molecule has 3 aromatic rings. The monoisotopic (exact) mass is 384 g/mol. The van der Waals surface area contributed by atoms with E-state index >= 15 is 0 Å². The topological polar surface area (TPSA) is 107 Å². The number of nitro benzene ring substituents is 1. The van der Waals surface area contributed by atoms with Gasteiger partial charge in [0.05, 0.1) is 21.2 Å². The van der Waals surface area contributed by atoms with Crippen molar-refractivity contribution in [2.24, 2.45) is 7.05 Å². The SMILES string of the molecule is Cn1nc(-c2ccc(NC(=O)c3ccc([N+](=O)[O-])cc3Cl)cc2)ccc1=O. The van der Waals surface area contributed by atoms with Crippen LogP contribution < -0.4 is 10.9 Å². The lowest BCUT2D eigenvalue weighted by molar-refractivity contribution is -0.384. The Labute approximate surface area is 158 Å². The van der Waals surface area contributed by atoms with E-state index in [1.165, 1.54) is 22.9 Å². The molecule has 9 heteroatoms. The summed E-state index contributed by atoms with van der Waals surface area (Å²) in [5, 5.41) is 17.6. The third-order valence-electron chi connectivity index (χ3n) is 3.81. The largest absolute Gasteiger partial charge is 0.322 e. The predicted octanol–water partition coefficient (Wildman–Crippen LogP) is 3.26. The Hall–Kier alpha value is -3.52. The predicted molar refractivity (Wildman–Crippen MR) is 101 cm³/mol. The Morgan fingerprint density at radius 2 is 1.85 bits per heavy atom. The number of carbonyl (C=O) groups is 1. The van der Waals surface area contributed by atoms with Crippen LogP contribution >= 0.6 is 11.6 Å². The van der Waals surface area contributed by atoms with E-state index < -0.39 is 10.8 Å². The summed E-state index contributed by atoms with van der Waals surface area (Å²) in [5.41, 5.74) is 1.65. The summed E-state index contributed by atoms with van der Waals surface area (Å²) in [6, 6.07) is 13.6. The van der Waals surface area contributed by atoms with E-state index in [0.29, 0.717) is 11.4 Å². The maximum Gasteiger partial charge on any atom is 0.270 e. The third kappa shape index (κ3) is 4.01. The van der Waals surface area contributed by atoms with Crippen LogP contribution in [0.1, 0.15) is 10.4 Å². The fraction of sp³-hybridized carbons (Fsp3) is 0.0556. The number of nitrogens with one attached hydrogen (secondary N) is 1. The van der Waals surface area contributed by atoms with Gasteiger partial charge in [-0.1, -0.05) is 23.7 Å². The molecule has 0 unspecified atom stereocenters. The first-order valence-electron chi connectivity index (χ1n) is 7.75. The summed E-state index contributed by atoms with van der Waals surface area (Å²) < 4.78 is 1.24. The van der Waals surface area contributed by atoms with Gasteiger partial charge in [0, 0.05) is 36.5 Å². The fourth-order valence-electron chi connectivity index (χ4n) is 2.38. The zero-order chi connectivity index (χ0) is 19.6. The molecule has 27 heavy (non-hydrogen) atoms. The van der Waals surface area contributed by atoms with Crippen LogP contribution in [-0.4, -0.2) is 20.6 Å². The molecule has 0 spiro atoms. The summed E-state index contributed by atoms with van der Waals surface area (Å²) >= 11 is 5.97. The smallest absolute Gasteiger partial charge is 0.270 e. The number of aromatic nitrogens is 2. The molecule has 0 aliphatic heterocycles. The molecule has 0 fully saturated rings. The Bertz CT molecular complexity index is 1090. The first kappa shape index (κ1) is 18.3. The Morgan fingerprint density at radius 1 is 1.15 bits per heavy atom. The molecule has 1 aromatic heterocycles. The minimum absolute atomic E-state index is 0.00674. The van der Waals surface area contributed by atoms with E-state index in [1.807, 2.05) is 0 Å². The van der Waals surface area contributed by atoms with Crippen LogP contribution in [-0.2, 0) is 7.05 Å². The van der Waals surface area contributed by atoms with Gasteiger partial charge in [0.25, 0.3) is 17.2 Å². The van der Waals surface area contributed by atoms with Crippen LogP contribution in [0.3, 0.4) is 0 Å². The van der Waals surface area contributed by atoms with Crippen LogP contribution in [0.5, 0.6) is 0 Å². The van der Waals surface area contributed by atoms with E-state index in [-0.39, 0.29) is 21.8 Å². The summed E-state index contributed by atoms with van der Waals surface area (Å²) in [5.74, 6) is -0.483. The summed E-state index contributed by atoms with van der Waals surface area (Å²) in [6.07, 6.45) is 0. The van der Waals surface area contributed by atoms with Crippen LogP contribution in [0.15, 0.2) is 59.4 Å². The highest BCUT2D eigenvalue weighted by atomic mass is 35.5. The number of halogens is 1. The standard InChI is InChI=1S/C18H13ClN4O4/c1-22-17(24)9-8-16(21-22)11-2-4-12(5-3-11)20-18(25)14-7-6-13(23(26)27)10-15(14)19/h2-10H,1H3,(H,20,25). The molecule has 0 bridgehead atoms. The highest BCUT2D eigenvalue weighted by Gasteiger charge is 2.15. The van der Waals surface area contributed by atoms with Crippen molar-refractivity contribution in [1.29, 1.82) is 0 Å². The zero-order valence-corrected chi connectivity index (χ0v) is 14.8. The van der Waals surface area contributed by atoms with Crippen molar-refractivity contribution in [3.8, 4) is 11.3 Å². The second-order valence-electron chi connectivity index (χ2n) is 5.63. The lowest BCUT2D eigenvalue weighted by Gasteiger charge is -2.08. The average molecular weight is 385 g/mol. The number of benzene rings is 2. The molecule has 0 radical (unpaired) electrons. The number of non-ortho nitro benzene ring substituents is 1. The lowest BCUT2D eigenvalue weighted by atomic mass is 10.1. The summed E-state index contributed by atoms with van der Waals surface area (Å²) in [4.78, 5) is 33.9. The van der Waals surface area contributed by atoms with Crippen LogP contribution in [0.4, 0.5) is 11.4 Å². The van der Waals surface area contributed by atoms with Gasteiger partial charge in [0.1, 0.15) is 0 Å². The average Bonchev–Trinajstić information content (AvgIpc) is 2.64. The van der Waals surface area contributed by atoms with Crippen molar-refractivity contribution < 1.29 is 9.72 Å². The van der Waals surface area contributed by atoms with E-state index in [0.717, 1.165) is 11.6 Å². The number of aryl methyl sites for hydroxylation is 1. The molecule has 1 amide bonds. The van der Waals surface area contributed by atoms with Gasteiger partial charge in [-0.05, 0) is 24.3 Å². The van der Waals surface area contributed by atoms with E-state index in [9.17, 15) is 19.7 Å². The quantitative estimate of drug-likeness (QED) is 0.548. The van der Waals surface area contributed by atoms with Crippen LogP contribution in [0, 0.1) is 10.1 Å². The second-order valence-corrected chi connectivity index (χ2v) is 6.04. The molecule has 8 nitrogen and oxygen atoms in total. The second kappa shape index (κ2) is 7.38. The van der Waals surface area contributed by atoms with Gasteiger partial charge in [0.2, 0.25) is 0 Å². The van der Waals surface area contributed by atoms with Crippen LogP contribution in [0.2, 0.25) is 5.02 Å². The number of nitro groups is 1. The molecule has 136 valence electrons. The van der Waals surface area contributed by atoms with Crippen molar-refractivity contribution in [1.82, 2.24) is 9.78 Å². The van der Waals surface area contributed by atoms with Gasteiger partial charge in [-0.3, -0.25) is 19.7 Å². The van der Waals surface area contributed by atoms with Crippen molar-refractivity contribution in [2.75, 3.05) is 5.32 Å². The first-order chi connectivity index (χ1) is 12.8. The molecular formula is C18H13ClN4O4. The van der Waals surface area contributed by atoms with E-state index in [2.05, 4.69) is 10.4 Å². The van der Waals surface area contributed by atoms with Gasteiger partial charge in [-0.15, -0.1) is 0 Å². The molecule has 2 aromatic carbocycles. The molecule has 0 saturated heterocycles. The number of nitrogens with zero attached hydrogens (tertiary/aromatic N) is 3. The van der Waals surface area contributed by atoms with Gasteiger partial charge >= 0.3 is 0 Å². The third-order valence-corrected chi connectivity index (χ3v) is 4.12. The molecule has 0 saturated carbocycles. The summed E-state index contributed by atoms with van der Waals surface area (Å²) in [6.45, 7) is 0. The number of carbonyl (C=O) groups excluding carboxylic acids is 1. The Morgan fingerprint density at radius 3 is 2.44 bits per heavy atom. The van der Waals surface area contributed by atoms with Crippen molar-refractivity contribution in [3.63, 3.8) is 0 Å². The molecule has 1 N–H and O–H groups in total. The molecule has 3 rings (SSSR count). The maximum absolute atomic E-state index is 12.3. The van der Waals surface area contributed by atoms with Gasteiger partial charge in [-0.25, -0.2) is 4.68 Å². The number of hydrogen-bond donors (Lipinski definition) is 1. The Kier molecular flexibility index (Phi) is 5.00. The first-order valence-corrected chi connectivity index (χ1v) is 8.13. The highest BCUT2D eigenvalue weighted by Crippen LogP contribution is 2.24. The zero-order valence-electron chi connectivity index (χ0n) is 14.0. The molecule has 0 atom stereocenters. The van der Waals surface area contributed by atoms with Crippen molar-refractivity contribution in [3.05, 3.63) is 85.7 Å². The fourth-order valence-corrected chi connectivity index (χ4v) is 2.64. The van der Waals surface area contributed by atoms with Gasteiger partial charge < -0.3 is 5.32 Å². The highest BCUT2D eigenvalue weighted by molar-refractivity contribution is 6.34.